The summed E-state index contributed by atoms with van der Waals surface area (Å²) in [6.45, 7) is 13.6. The van der Waals surface area contributed by atoms with Crippen molar-refractivity contribution in [1.29, 1.82) is 5.26 Å². The van der Waals surface area contributed by atoms with Gasteiger partial charge in [0.1, 0.15) is 54.0 Å². The molecule has 1 saturated heterocycles. The first-order chi connectivity index (χ1) is 24.4. The summed E-state index contributed by atoms with van der Waals surface area (Å²) < 4.78 is 30.0. The maximum atomic E-state index is 13.6. The van der Waals surface area contributed by atoms with Crippen LogP contribution in [0, 0.1) is 23.2 Å². The largest absolute Gasteiger partial charge is 0.463 e. The Morgan fingerprint density at radius 1 is 1.17 bits per heavy atom. The number of rotatable bonds is 15. The van der Waals surface area contributed by atoms with Gasteiger partial charge in [-0.3, -0.25) is 9.59 Å². The van der Waals surface area contributed by atoms with Gasteiger partial charge in [-0.05, 0) is 77.8 Å². The highest BCUT2D eigenvalue weighted by molar-refractivity contribution is 5.98. The molecule has 0 aromatic carbocycles. The number of alkyl carbamates (subject to hydrolysis) is 1. The van der Waals surface area contributed by atoms with Crippen LogP contribution in [-0.4, -0.2) is 92.4 Å². The predicted molar refractivity (Wildman–Crippen MR) is 186 cm³/mol. The fraction of sp³-hybridized carbons (Fsp3) is 0.694. The molecule has 2 aromatic heterocycles. The van der Waals surface area contributed by atoms with E-state index in [-0.39, 0.29) is 29.4 Å². The zero-order chi connectivity index (χ0) is 38.4. The average molecular weight is 729 g/mol. The van der Waals surface area contributed by atoms with E-state index in [9.17, 15) is 29.5 Å². The van der Waals surface area contributed by atoms with Crippen molar-refractivity contribution in [3.8, 4) is 6.07 Å². The molecule has 1 aliphatic carbocycles. The molecule has 2 amide bonds. The maximum Gasteiger partial charge on any atom is 0.408 e. The molecule has 3 heterocycles. The van der Waals surface area contributed by atoms with Gasteiger partial charge in [0.15, 0.2) is 11.9 Å². The van der Waals surface area contributed by atoms with E-state index in [0.717, 1.165) is 38.4 Å². The second kappa shape index (κ2) is 16.6. The van der Waals surface area contributed by atoms with Gasteiger partial charge in [0.25, 0.3) is 5.91 Å². The van der Waals surface area contributed by atoms with Gasteiger partial charge >= 0.3 is 18.0 Å². The number of aliphatic hydroxyl groups is 1. The van der Waals surface area contributed by atoms with E-state index in [0.29, 0.717) is 6.61 Å². The zero-order valence-corrected chi connectivity index (χ0v) is 31.3. The number of nitrogens with zero attached hydrogens (tertiary/aromatic N) is 4. The summed E-state index contributed by atoms with van der Waals surface area (Å²) in [5, 5.41) is 32.1. The van der Waals surface area contributed by atoms with E-state index in [1.165, 1.54) is 16.6 Å². The van der Waals surface area contributed by atoms with E-state index >= 15 is 0 Å². The highest BCUT2D eigenvalue weighted by Gasteiger charge is 2.60. The minimum atomic E-state index is -2.20. The van der Waals surface area contributed by atoms with Gasteiger partial charge in [0, 0.05) is 13.0 Å². The number of carbonyl (C=O) groups excluding carboxylic acids is 4. The fourth-order valence-electron chi connectivity index (χ4n) is 5.85. The van der Waals surface area contributed by atoms with Crippen LogP contribution in [0.3, 0.4) is 0 Å². The topological polar surface area (TPSA) is 213 Å². The second-order valence-electron chi connectivity index (χ2n) is 15.2. The van der Waals surface area contributed by atoms with E-state index in [1.54, 1.807) is 48.5 Å². The minimum absolute atomic E-state index is 0.0329. The number of aliphatic hydroxyl groups excluding tert-OH is 1. The summed E-state index contributed by atoms with van der Waals surface area (Å²) in [4.78, 5) is 56.4. The SMILES string of the molecule is CCCCOC(C)(C)C(=O)Nc1ncnn2c([C@]3(C#N)O[C@H](COC(=O)CC4CCC4)[C@@H](OC(=O)[C@H](NC(=O)OC(C)(C)C)C(C)C)[C@H]3O)ccc12. The molecular weight excluding hydrogens is 676 g/mol. The molecule has 4 rings (SSSR count). The highest BCUT2D eigenvalue weighted by Crippen LogP contribution is 2.42. The second-order valence-corrected chi connectivity index (χ2v) is 15.2. The van der Waals surface area contributed by atoms with Crippen molar-refractivity contribution in [3.05, 3.63) is 24.2 Å². The van der Waals surface area contributed by atoms with Crippen LogP contribution in [0.5, 0.6) is 0 Å². The number of amides is 2. The Bertz CT molecular complexity index is 1640. The van der Waals surface area contributed by atoms with Gasteiger partial charge in [-0.15, -0.1) is 0 Å². The third-order valence-electron chi connectivity index (χ3n) is 9.10. The number of unbranched alkanes of at least 4 members (excludes halogenated alkanes) is 1. The number of hydrogen-bond acceptors (Lipinski definition) is 13. The molecule has 1 aliphatic heterocycles. The first kappa shape index (κ1) is 40.4. The Morgan fingerprint density at radius 2 is 1.88 bits per heavy atom. The zero-order valence-electron chi connectivity index (χ0n) is 31.3. The number of carbonyl (C=O) groups is 4. The number of hydrogen-bond donors (Lipinski definition) is 3. The number of ether oxygens (including phenoxy) is 5. The summed E-state index contributed by atoms with van der Waals surface area (Å²) in [5.41, 5.74) is -3.92. The van der Waals surface area contributed by atoms with Gasteiger partial charge < -0.3 is 39.4 Å². The van der Waals surface area contributed by atoms with Crippen LogP contribution in [0.1, 0.15) is 99.6 Å². The summed E-state index contributed by atoms with van der Waals surface area (Å²) in [5.74, 6) is -2.03. The maximum absolute atomic E-state index is 13.6. The predicted octanol–water partition coefficient (Wildman–Crippen LogP) is 3.94. The van der Waals surface area contributed by atoms with Crippen LogP contribution >= 0.6 is 0 Å². The van der Waals surface area contributed by atoms with Crippen molar-refractivity contribution in [1.82, 2.24) is 19.9 Å². The van der Waals surface area contributed by atoms with Crippen molar-refractivity contribution in [2.75, 3.05) is 18.5 Å². The van der Waals surface area contributed by atoms with Gasteiger partial charge in [0.05, 0.1) is 5.69 Å². The first-order valence-electron chi connectivity index (χ1n) is 17.8. The molecular formula is C36H52N6O10. The third-order valence-corrected chi connectivity index (χ3v) is 9.10. The molecule has 16 nitrogen and oxygen atoms in total. The molecule has 0 unspecified atom stereocenters. The minimum Gasteiger partial charge on any atom is -0.463 e. The summed E-state index contributed by atoms with van der Waals surface area (Å²) in [6.07, 6.45) is 0.413. The smallest absolute Gasteiger partial charge is 0.408 e. The van der Waals surface area contributed by atoms with E-state index in [4.69, 9.17) is 23.7 Å². The lowest BCUT2D eigenvalue weighted by atomic mass is 9.83. The van der Waals surface area contributed by atoms with Crippen LogP contribution in [0.4, 0.5) is 10.6 Å². The van der Waals surface area contributed by atoms with Gasteiger partial charge in [0.2, 0.25) is 5.60 Å². The van der Waals surface area contributed by atoms with Crippen molar-refractivity contribution < 1.29 is 48.0 Å². The van der Waals surface area contributed by atoms with Crippen LogP contribution in [0.25, 0.3) is 5.52 Å². The Balaban J connectivity index is 1.64. The van der Waals surface area contributed by atoms with Crippen molar-refractivity contribution in [2.24, 2.45) is 11.8 Å². The number of aromatic nitrogens is 3. The lowest BCUT2D eigenvalue weighted by Gasteiger charge is -2.28. The average Bonchev–Trinajstić information content (AvgIpc) is 3.59. The van der Waals surface area contributed by atoms with Crippen molar-refractivity contribution in [2.45, 2.75) is 135 Å². The third kappa shape index (κ3) is 9.36. The number of nitriles is 1. The molecule has 2 fully saturated rings. The van der Waals surface area contributed by atoms with Crippen molar-refractivity contribution in [3.63, 3.8) is 0 Å². The van der Waals surface area contributed by atoms with Crippen molar-refractivity contribution >= 4 is 35.3 Å². The lowest BCUT2D eigenvalue weighted by molar-refractivity contribution is -0.163. The molecule has 2 aromatic rings. The molecule has 5 atom stereocenters. The molecule has 2 aliphatic rings. The van der Waals surface area contributed by atoms with E-state index < -0.39 is 77.6 Å². The number of esters is 2. The van der Waals surface area contributed by atoms with Gasteiger partial charge in [-0.25, -0.2) is 19.1 Å². The Labute approximate surface area is 303 Å². The van der Waals surface area contributed by atoms with Gasteiger partial charge in [-0.2, -0.15) is 10.4 Å². The van der Waals surface area contributed by atoms with Crippen LogP contribution in [-0.2, 0) is 43.7 Å². The molecule has 0 spiro atoms. The van der Waals surface area contributed by atoms with Gasteiger partial charge in [-0.1, -0.05) is 33.6 Å². The number of fused-ring (bicyclic) bond motifs is 1. The van der Waals surface area contributed by atoms with Crippen LogP contribution in [0.2, 0.25) is 0 Å². The van der Waals surface area contributed by atoms with Crippen LogP contribution in [0.15, 0.2) is 18.5 Å². The molecule has 0 bridgehead atoms. The molecule has 52 heavy (non-hydrogen) atoms. The Hall–Kier alpha value is -4.33. The highest BCUT2D eigenvalue weighted by atomic mass is 16.6. The molecule has 0 radical (unpaired) electrons. The first-order valence-corrected chi connectivity index (χ1v) is 17.8. The monoisotopic (exact) mass is 728 g/mol. The number of nitrogens with one attached hydrogen (secondary N) is 2. The Kier molecular flexibility index (Phi) is 12.9. The molecule has 16 heteroatoms. The molecule has 286 valence electrons. The van der Waals surface area contributed by atoms with E-state index in [2.05, 4.69) is 20.7 Å². The molecule has 3 N–H and O–H groups in total. The standard InChI is InChI=1S/C36H52N6O10/c1-9-10-16-49-35(7,8)32(46)41-30-23-14-15-25(42(23)39-20-38-30)36(19-37)29(44)28(24(51-36)18-48-26(43)17-22-12-11-13-22)50-31(45)27(21(2)3)40-33(47)52-34(4,5)6/h14-15,20-22,24,27-29,44H,9-13,16-18H2,1-8H3,(H,40,47)(H,38,39,41,46)/t24-,27-,28-,29-,36+/m1/s1. The lowest BCUT2D eigenvalue weighted by Crippen LogP contribution is -2.50. The summed E-state index contributed by atoms with van der Waals surface area (Å²) in [7, 11) is 0. The quantitative estimate of drug-likeness (QED) is 0.135. The summed E-state index contributed by atoms with van der Waals surface area (Å²) in [6, 6.07) is 3.84. The number of anilines is 1. The van der Waals surface area contributed by atoms with Crippen LogP contribution < -0.4 is 10.6 Å². The van der Waals surface area contributed by atoms with E-state index in [1.807, 2.05) is 13.0 Å². The summed E-state index contributed by atoms with van der Waals surface area (Å²) >= 11 is 0. The Morgan fingerprint density at radius 3 is 2.48 bits per heavy atom. The normalized spacial score (nSPS) is 22.7. The molecule has 1 saturated carbocycles. The fourth-order valence-corrected chi connectivity index (χ4v) is 5.85.